The molecule has 162 valence electrons. The van der Waals surface area contributed by atoms with Crippen LogP contribution in [0.1, 0.15) is 11.1 Å². The summed E-state index contributed by atoms with van der Waals surface area (Å²) in [6.45, 7) is 0.828. The topological polar surface area (TPSA) is 86.6 Å². The van der Waals surface area contributed by atoms with Gasteiger partial charge in [0.25, 0.3) is 15.9 Å². The number of nitrogens with one attached hydrogen (secondary N) is 1. The van der Waals surface area contributed by atoms with Gasteiger partial charge in [0.1, 0.15) is 4.21 Å². The van der Waals surface area contributed by atoms with Crippen LogP contribution >= 0.6 is 11.3 Å². The number of hydrogen-bond donors (Lipinski definition) is 1. The average molecular weight is 467 g/mol. The number of aromatic nitrogens is 1. The predicted molar refractivity (Wildman–Crippen MR) is 122 cm³/mol. The summed E-state index contributed by atoms with van der Waals surface area (Å²) in [6, 6.07) is 16.7. The Morgan fingerprint density at radius 2 is 1.97 bits per heavy atom. The molecule has 3 heterocycles. The Hall–Kier alpha value is -3.56. The van der Waals surface area contributed by atoms with Crippen molar-refractivity contribution in [3.8, 4) is 11.5 Å². The zero-order chi connectivity index (χ0) is 22.1. The molecule has 0 radical (unpaired) electrons. The van der Waals surface area contributed by atoms with Crippen LogP contribution in [0.2, 0.25) is 0 Å². The number of ether oxygens (including phenoxy) is 2. The Bertz CT molecular complexity index is 1440. The number of thiophene rings is 1. The molecule has 7 nitrogen and oxygen atoms in total. The van der Waals surface area contributed by atoms with Crippen molar-refractivity contribution in [1.29, 1.82) is 0 Å². The molecule has 0 fully saturated rings. The molecule has 0 atom stereocenters. The molecule has 0 saturated carbocycles. The minimum atomic E-state index is -3.87. The van der Waals surface area contributed by atoms with E-state index in [1.807, 2.05) is 48.7 Å². The Morgan fingerprint density at radius 1 is 1.09 bits per heavy atom. The lowest BCUT2D eigenvalue weighted by atomic mass is 10.1. The fraction of sp³-hybridized carbons (Fsp3) is 0.0870. The number of para-hydroxylation sites is 1. The highest BCUT2D eigenvalue weighted by atomic mass is 32.2. The van der Waals surface area contributed by atoms with Crippen LogP contribution in [0.25, 0.3) is 17.0 Å². The summed E-state index contributed by atoms with van der Waals surface area (Å²) in [6.07, 6.45) is 4.84. The first-order valence-corrected chi connectivity index (χ1v) is 12.1. The Balaban J connectivity index is 1.40. The quantitative estimate of drug-likeness (QED) is 0.434. The largest absolute Gasteiger partial charge is 0.454 e. The minimum Gasteiger partial charge on any atom is -0.454 e. The van der Waals surface area contributed by atoms with E-state index in [1.165, 1.54) is 12.1 Å². The van der Waals surface area contributed by atoms with Gasteiger partial charge in [-0.2, -0.15) is 0 Å². The van der Waals surface area contributed by atoms with Gasteiger partial charge in [-0.3, -0.25) is 4.79 Å². The van der Waals surface area contributed by atoms with E-state index in [-0.39, 0.29) is 11.0 Å². The fourth-order valence-corrected chi connectivity index (χ4v) is 5.53. The molecule has 1 amide bonds. The van der Waals surface area contributed by atoms with Gasteiger partial charge in [-0.1, -0.05) is 30.3 Å². The van der Waals surface area contributed by atoms with Gasteiger partial charge in [0.05, 0.1) is 5.52 Å². The third-order valence-electron chi connectivity index (χ3n) is 5.02. The molecule has 1 aliphatic rings. The van der Waals surface area contributed by atoms with Crippen LogP contribution in [-0.4, -0.2) is 25.7 Å². The van der Waals surface area contributed by atoms with Crippen molar-refractivity contribution in [2.75, 3.05) is 6.79 Å². The highest BCUT2D eigenvalue weighted by Crippen LogP contribution is 2.33. The number of amides is 1. The number of nitrogens with zero attached hydrogens (tertiary/aromatic N) is 1. The van der Waals surface area contributed by atoms with Crippen LogP contribution in [0.4, 0.5) is 0 Å². The maximum absolute atomic E-state index is 12.3. The van der Waals surface area contributed by atoms with Gasteiger partial charge in [-0.15, -0.1) is 11.3 Å². The number of sulfonamides is 1. The molecular weight excluding hydrogens is 448 g/mol. The second-order valence-corrected chi connectivity index (χ2v) is 10.0. The van der Waals surface area contributed by atoms with E-state index >= 15 is 0 Å². The molecule has 0 bridgehead atoms. The monoisotopic (exact) mass is 466 g/mol. The van der Waals surface area contributed by atoms with Crippen molar-refractivity contribution >= 4 is 44.2 Å². The summed E-state index contributed by atoms with van der Waals surface area (Å²) >= 11 is 1.05. The number of fused-ring (bicyclic) bond motifs is 2. The Kier molecular flexibility index (Phi) is 5.20. The zero-order valence-corrected chi connectivity index (χ0v) is 18.4. The summed E-state index contributed by atoms with van der Waals surface area (Å²) in [4.78, 5) is 12.3. The van der Waals surface area contributed by atoms with Gasteiger partial charge < -0.3 is 14.0 Å². The van der Waals surface area contributed by atoms with Crippen LogP contribution in [0.5, 0.6) is 11.5 Å². The van der Waals surface area contributed by atoms with E-state index in [2.05, 4.69) is 9.29 Å². The number of rotatable bonds is 6. The molecule has 1 N–H and O–H groups in total. The van der Waals surface area contributed by atoms with Crippen molar-refractivity contribution in [3.05, 3.63) is 83.4 Å². The van der Waals surface area contributed by atoms with E-state index in [9.17, 15) is 13.2 Å². The Morgan fingerprint density at radius 3 is 2.81 bits per heavy atom. The minimum absolute atomic E-state index is 0.0963. The molecule has 5 rings (SSSR count). The molecule has 0 aliphatic carbocycles. The van der Waals surface area contributed by atoms with E-state index < -0.39 is 15.9 Å². The summed E-state index contributed by atoms with van der Waals surface area (Å²) in [5.41, 5.74) is 2.79. The fourth-order valence-electron chi connectivity index (χ4n) is 3.59. The lowest BCUT2D eigenvalue weighted by Gasteiger charge is -2.09. The van der Waals surface area contributed by atoms with Gasteiger partial charge in [0.2, 0.25) is 6.79 Å². The van der Waals surface area contributed by atoms with Crippen molar-refractivity contribution in [2.24, 2.45) is 0 Å². The molecule has 32 heavy (non-hydrogen) atoms. The molecular formula is C23H18N2O5S2. The summed E-state index contributed by atoms with van der Waals surface area (Å²) in [5.74, 6) is 0.755. The van der Waals surface area contributed by atoms with Crippen molar-refractivity contribution in [2.45, 2.75) is 10.8 Å². The highest BCUT2D eigenvalue weighted by molar-refractivity contribution is 7.92. The number of benzene rings is 2. The number of carbonyl (C=O) groups is 1. The first-order chi connectivity index (χ1) is 15.5. The first-order valence-electron chi connectivity index (χ1n) is 9.74. The van der Waals surface area contributed by atoms with Crippen molar-refractivity contribution in [1.82, 2.24) is 9.29 Å². The summed E-state index contributed by atoms with van der Waals surface area (Å²) in [5, 5.41) is 2.66. The SMILES string of the molecule is O=C(/C=C/c1cccc2ccn(Cc3ccc4c(c3)OCO4)c12)NS(=O)(=O)c1cccs1. The van der Waals surface area contributed by atoms with Gasteiger partial charge in [0, 0.05) is 24.2 Å². The maximum atomic E-state index is 12.3. The van der Waals surface area contributed by atoms with Crippen LogP contribution in [-0.2, 0) is 21.4 Å². The average Bonchev–Trinajstić information content (AvgIpc) is 3.53. The van der Waals surface area contributed by atoms with Crippen molar-refractivity contribution in [3.63, 3.8) is 0 Å². The van der Waals surface area contributed by atoms with Crippen LogP contribution < -0.4 is 14.2 Å². The smallest absolute Gasteiger partial charge is 0.273 e. The van der Waals surface area contributed by atoms with Crippen LogP contribution in [0.15, 0.2) is 76.5 Å². The summed E-state index contributed by atoms with van der Waals surface area (Å²) < 4.78 is 39.6. The van der Waals surface area contributed by atoms with Gasteiger partial charge in [-0.05, 0) is 46.8 Å². The molecule has 9 heteroatoms. The van der Waals surface area contributed by atoms with Crippen LogP contribution in [0.3, 0.4) is 0 Å². The first kappa shape index (κ1) is 20.3. The van der Waals surface area contributed by atoms with Gasteiger partial charge in [0.15, 0.2) is 11.5 Å². The number of carbonyl (C=O) groups excluding carboxylic acids is 1. The predicted octanol–water partition coefficient (Wildman–Crippen LogP) is 4.00. The second-order valence-electron chi connectivity index (χ2n) is 7.15. The summed E-state index contributed by atoms with van der Waals surface area (Å²) in [7, 11) is -3.87. The molecule has 2 aromatic carbocycles. The molecule has 0 saturated heterocycles. The maximum Gasteiger partial charge on any atom is 0.273 e. The van der Waals surface area contributed by atoms with E-state index in [0.29, 0.717) is 6.54 Å². The molecule has 0 unspecified atom stereocenters. The number of hydrogen-bond acceptors (Lipinski definition) is 6. The Labute approximate surface area is 188 Å². The lowest BCUT2D eigenvalue weighted by molar-refractivity contribution is -0.114. The van der Waals surface area contributed by atoms with E-state index in [0.717, 1.165) is 44.9 Å². The van der Waals surface area contributed by atoms with Crippen molar-refractivity contribution < 1.29 is 22.7 Å². The molecule has 1 aliphatic heterocycles. The lowest BCUT2D eigenvalue weighted by Crippen LogP contribution is -2.28. The molecule has 0 spiro atoms. The van der Waals surface area contributed by atoms with E-state index in [1.54, 1.807) is 17.5 Å². The zero-order valence-electron chi connectivity index (χ0n) is 16.7. The second kappa shape index (κ2) is 8.18. The standard InChI is InChI=1S/C23H18N2O5S2/c26-21(24-32(27,28)22-5-2-12-31-22)9-7-17-3-1-4-18-10-11-25(23(17)18)14-16-6-8-19-20(13-16)30-15-29-19/h1-13H,14-15H2,(H,24,26)/b9-7+. The molecule has 4 aromatic rings. The third kappa shape index (κ3) is 4.00. The highest BCUT2D eigenvalue weighted by Gasteiger charge is 2.17. The molecule has 2 aromatic heterocycles. The third-order valence-corrected chi connectivity index (χ3v) is 7.76. The van der Waals surface area contributed by atoms with Gasteiger partial charge in [-0.25, -0.2) is 13.1 Å². The normalized spacial score (nSPS) is 13.1. The van der Waals surface area contributed by atoms with E-state index in [4.69, 9.17) is 9.47 Å². The van der Waals surface area contributed by atoms with Crippen LogP contribution in [0, 0.1) is 0 Å². The van der Waals surface area contributed by atoms with Gasteiger partial charge >= 0.3 is 0 Å².